The summed E-state index contributed by atoms with van der Waals surface area (Å²) in [5, 5.41) is 3.19. The minimum absolute atomic E-state index is 0.0973. The molecular weight excluding hydrogens is 246 g/mol. The van der Waals surface area contributed by atoms with E-state index < -0.39 is 0 Å². The lowest BCUT2D eigenvalue weighted by molar-refractivity contribution is -0.122. The van der Waals surface area contributed by atoms with Crippen LogP contribution in [0.4, 0.5) is 0 Å². The van der Waals surface area contributed by atoms with Gasteiger partial charge in [-0.25, -0.2) is 0 Å². The van der Waals surface area contributed by atoms with Gasteiger partial charge in [-0.3, -0.25) is 4.79 Å². The summed E-state index contributed by atoms with van der Waals surface area (Å²) in [5.74, 6) is 0.0221. The van der Waals surface area contributed by atoms with Crippen molar-refractivity contribution in [2.75, 3.05) is 0 Å². The van der Waals surface area contributed by atoms with E-state index in [0.29, 0.717) is 0 Å². The molecule has 1 aliphatic carbocycles. The van der Waals surface area contributed by atoms with Gasteiger partial charge in [0.15, 0.2) is 0 Å². The molecule has 1 amide bonds. The van der Waals surface area contributed by atoms with Gasteiger partial charge in [0.2, 0.25) is 5.91 Å². The lowest BCUT2D eigenvalue weighted by Gasteiger charge is -2.17. The maximum Gasteiger partial charge on any atom is 0.227 e. The molecular formula is C18H19NO. The molecule has 2 aromatic rings. The van der Waals surface area contributed by atoms with Crippen LogP contribution in [0, 0.1) is 0 Å². The number of carbonyl (C=O) groups excluding carboxylic acids is 1. The molecule has 0 saturated heterocycles. The van der Waals surface area contributed by atoms with E-state index in [9.17, 15) is 4.79 Å². The van der Waals surface area contributed by atoms with Gasteiger partial charge < -0.3 is 5.32 Å². The van der Waals surface area contributed by atoms with E-state index in [-0.39, 0.29) is 17.9 Å². The summed E-state index contributed by atoms with van der Waals surface area (Å²) in [4.78, 5) is 12.3. The maximum atomic E-state index is 12.3. The summed E-state index contributed by atoms with van der Waals surface area (Å²) in [5.41, 5.74) is 3.80. The van der Waals surface area contributed by atoms with Gasteiger partial charge in [-0.1, -0.05) is 54.6 Å². The van der Waals surface area contributed by atoms with Gasteiger partial charge in [0.1, 0.15) is 0 Å². The fourth-order valence-electron chi connectivity index (χ4n) is 2.88. The molecule has 0 aliphatic heterocycles. The molecule has 2 heteroatoms. The largest absolute Gasteiger partial charge is 0.352 e. The van der Waals surface area contributed by atoms with E-state index >= 15 is 0 Å². The first-order chi connectivity index (χ1) is 9.74. The molecule has 0 unspecified atom stereocenters. The van der Waals surface area contributed by atoms with Gasteiger partial charge in [-0.15, -0.1) is 0 Å². The van der Waals surface area contributed by atoms with Crippen LogP contribution >= 0.6 is 0 Å². The Morgan fingerprint density at radius 2 is 1.55 bits per heavy atom. The third-order valence-electron chi connectivity index (χ3n) is 4.09. The Kier molecular flexibility index (Phi) is 3.55. The quantitative estimate of drug-likeness (QED) is 0.908. The van der Waals surface area contributed by atoms with Crippen LogP contribution in [0.2, 0.25) is 0 Å². The fraction of sp³-hybridized carbons (Fsp3) is 0.278. The number of nitrogens with one attached hydrogen (secondary N) is 1. The Bertz CT molecular complexity index is 581. The molecule has 1 aliphatic rings. The molecule has 20 heavy (non-hydrogen) atoms. The van der Waals surface area contributed by atoms with E-state index in [1.807, 2.05) is 37.3 Å². The molecule has 2 aromatic carbocycles. The van der Waals surface area contributed by atoms with Crippen LogP contribution < -0.4 is 5.32 Å². The Balaban J connectivity index is 1.64. The number of hydrogen-bond donors (Lipinski definition) is 1. The third kappa shape index (κ3) is 2.60. The van der Waals surface area contributed by atoms with Crippen molar-refractivity contribution in [2.24, 2.45) is 0 Å². The smallest absolute Gasteiger partial charge is 0.227 e. The second kappa shape index (κ2) is 5.49. The van der Waals surface area contributed by atoms with E-state index in [2.05, 4.69) is 29.6 Å². The van der Waals surface area contributed by atoms with Gasteiger partial charge >= 0.3 is 0 Å². The first-order valence-corrected chi connectivity index (χ1v) is 7.16. The number of carbonyl (C=O) groups is 1. The molecule has 102 valence electrons. The highest BCUT2D eigenvalue weighted by atomic mass is 16.1. The second-order valence-corrected chi connectivity index (χ2v) is 5.51. The standard InChI is InChI=1S/C18H19NO/c1-13(14-7-3-2-4-8-14)18(20)19-17-11-15-9-5-6-10-16(15)12-17/h2-10,13,17H,11-12H2,1H3,(H,19,20)/t13-/m1/s1. The summed E-state index contributed by atoms with van der Waals surface area (Å²) in [6.45, 7) is 1.97. The molecule has 0 radical (unpaired) electrons. The van der Waals surface area contributed by atoms with Gasteiger partial charge in [-0.05, 0) is 36.5 Å². The molecule has 0 spiro atoms. The number of fused-ring (bicyclic) bond motifs is 1. The minimum Gasteiger partial charge on any atom is -0.352 e. The molecule has 1 atom stereocenters. The third-order valence-corrected chi connectivity index (χ3v) is 4.09. The zero-order valence-corrected chi connectivity index (χ0v) is 11.7. The molecule has 0 heterocycles. The van der Waals surface area contributed by atoms with Crippen LogP contribution in [-0.4, -0.2) is 11.9 Å². The normalized spacial score (nSPS) is 15.7. The number of amides is 1. The highest BCUT2D eigenvalue weighted by Crippen LogP contribution is 2.23. The Hall–Kier alpha value is -2.09. The van der Waals surface area contributed by atoms with E-state index in [1.54, 1.807) is 0 Å². The van der Waals surface area contributed by atoms with Crippen molar-refractivity contribution < 1.29 is 4.79 Å². The van der Waals surface area contributed by atoms with Crippen LogP contribution in [0.15, 0.2) is 54.6 Å². The minimum atomic E-state index is -0.0973. The highest BCUT2D eigenvalue weighted by Gasteiger charge is 2.24. The highest BCUT2D eigenvalue weighted by molar-refractivity contribution is 5.83. The van der Waals surface area contributed by atoms with Gasteiger partial charge in [0.25, 0.3) is 0 Å². The molecule has 1 N–H and O–H groups in total. The SMILES string of the molecule is C[C@@H](C(=O)NC1Cc2ccccc2C1)c1ccccc1. The summed E-state index contributed by atoms with van der Waals surface area (Å²) >= 11 is 0. The molecule has 3 rings (SSSR count). The first kappa shape index (κ1) is 12.9. The van der Waals surface area contributed by atoms with Crippen molar-refractivity contribution in [3.8, 4) is 0 Å². The van der Waals surface area contributed by atoms with Gasteiger partial charge in [-0.2, -0.15) is 0 Å². The number of hydrogen-bond acceptors (Lipinski definition) is 1. The number of benzene rings is 2. The Morgan fingerprint density at radius 3 is 2.15 bits per heavy atom. The summed E-state index contributed by atoms with van der Waals surface area (Å²) in [7, 11) is 0. The van der Waals surface area contributed by atoms with E-state index in [0.717, 1.165) is 18.4 Å². The van der Waals surface area contributed by atoms with Crippen LogP contribution in [0.5, 0.6) is 0 Å². The zero-order valence-electron chi connectivity index (χ0n) is 11.7. The average molecular weight is 265 g/mol. The van der Waals surface area contributed by atoms with E-state index in [4.69, 9.17) is 0 Å². The van der Waals surface area contributed by atoms with Crippen LogP contribution in [0.25, 0.3) is 0 Å². The van der Waals surface area contributed by atoms with Crippen molar-refractivity contribution >= 4 is 5.91 Å². The van der Waals surface area contributed by atoms with Crippen LogP contribution in [-0.2, 0) is 17.6 Å². The first-order valence-electron chi connectivity index (χ1n) is 7.16. The average Bonchev–Trinajstić information content (AvgIpc) is 2.89. The predicted molar refractivity (Wildman–Crippen MR) is 80.6 cm³/mol. The maximum absolute atomic E-state index is 12.3. The van der Waals surface area contributed by atoms with Crippen LogP contribution in [0.1, 0.15) is 29.5 Å². The topological polar surface area (TPSA) is 29.1 Å². The monoisotopic (exact) mass is 265 g/mol. The molecule has 2 nitrogen and oxygen atoms in total. The fourth-order valence-corrected chi connectivity index (χ4v) is 2.88. The number of rotatable bonds is 3. The van der Waals surface area contributed by atoms with Crippen molar-refractivity contribution in [3.05, 3.63) is 71.3 Å². The molecule has 0 aromatic heterocycles. The van der Waals surface area contributed by atoms with Crippen molar-refractivity contribution in [2.45, 2.75) is 31.7 Å². The summed E-state index contributed by atoms with van der Waals surface area (Å²) < 4.78 is 0. The lowest BCUT2D eigenvalue weighted by atomic mass is 10.00. The van der Waals surface area contributed by atoms with Crippen molar-refractivity contribution in [1.82, 2.24) is 5.32 Å². The predicted octanol–water partition coefficient (Wildman–Crippen LogP) is 3.07. The Morgan fingerprint density at radius 1 is 1.00 bits per heavy atom. The zero-order chi connectivity index (χ0) is 13.9. The Labute approximate surface area is 119 Å². The molecule has 0 saturated carbocycles. The molecule has 0 fully saturated rings. The van der Waals surface area contributed by atoms with Crippen molar-refractivity contribution in [1.29, 1.82) is 0 Å². The summed E-state index contributed by atoms with van der Waals surface area (Å²) in [6, 6.07) is 18.6. The van der Waals surface area contributed by atoms with Gasteiger partial charge in [0.05, 0.1) is 5.92 Å². The molecule has 0 bridgehead atoms. The van der Waals surface area contributed by atoms with Crippen LogP contribution in [0.3, 0.4) is 0 Å². The van der Waals surface area contributed by atoms with Crippen molar-refractivity contribution in [3.63, 3.8) is 0 Å². The van der Waals surface area contributed by atoms with Gasteiger partial charge in [0, 0.05) is 6.04 Å². The van der Waals surface area contributed by atoms with E-state index in [1.165, 1.54) is 11.1 Å². The second-order valence-electron chi connectivity index (χ2n) is 5.51. The summed E-state index contributed by atoms with van der Waals surface area (Å²) in [6.07, 6.45) is 1.90. The lowest BCUT2D eigenvalue weighted by Crippen LogP contribution is -2.37.